The summed E-state index contributed by atoms with van der Waals surface area (Å²) in [5.74, 6) is -0.176. The van der Waals surface area contributed by atoms with Gasteiger partial charge >= 0.3 is 5.97 Å². The lowest BCUT2D eigenvalue weighted by molar-refractivity contribution is -0.137. The lowest BCUT2D eigenvalue weighted by atomic mass is 9.94. The summed E-state index contributed by atoms with van der Waals surface area (Å²) in [6.07, 6.45) is 1.61. The number of nitrogens with zero attached hydrogens (tertiary/aromatic N) is 4. The maximum atomic E-state index is 13.1. The number of fused-ring (bicyclic) bond motifs is 1. The second-order valence-electron chi connectivity index (χ2n) is 8.88. The normalized spacial score (nSPS) is 22.8. The number of aliphatic carboxylic acids is 1. The van der Waals surface area contributed by atoms with Gasteiger partial charge in [-0.25, -0.2) is 4.99 Å². The molecular weight excluding hydrogens is 418 g/mol. The van der Waals surface area contributed by atoms with Gasteiger partial charge in [0.2, 0.25) is 0 Å². The van der Waals surface area contributed by atoms with Crippen LogP contribution in [0.15, 0.2) is 9.79 Å². The molecule has 0 spiro atoms. The largest absolute Gasteiger partial charge is 0.481 e. The van der Waals surface area contributed by atoms with Crippen LogP contribution < -0.4 is 5.56 Å². The highest BCUT2D eigenvalue weighted by Gasteiger charge is 2.37. The summed E-state index contributed by atoms with van der Waals surface area (Å²) < 4.78 is 9.51. The zero-order valence-corrected chi connectivity index (χ0v) is 19.4. The molecule has 1 saturated heterocycles. The van der Waals surface area contributed by atoms with Crippen LogP contribution in [0.25, 0.3) is 0 Å². The van der Waals surface area contributed by atoms with Gasteiger partial charge < -0.3 is 9.84 Å². The minimum atomic E-state index is -0.862. The van der Waals surface area contributed by atoms with Crippen molar-refractivity contribution in [3.63, 3.8) is 0 Å². The Balaban J connectivity index is 1.77. The second-order valence-corrected chi connectivity index (χ2v) is 10.2. The standard InChI is InChI=1S/C21H29N5O4S/c1-11-16(12(2)25(23-11)8-6-15(27)28)18-17-19(22-13(3)31-18)26(24-20(17)29)14-7-9-30-21(4,5)10-14/h14,18H,6-10H2,1-5H3,(H,24,29)(H,27,28). The molecule has 0 amide bonds. The maximum absolute atomic E-state index is 13.1. The molecule has 0 bridgehead atoms. The molecule has 168 valence electrons. The predicted molar refractivity (Wildman–Crippen MR) is 120 cm³/mol. The van der Waals surface area contributed by atoms with E-state index in [0.717, 1.165) is 34.8 Å². The fourth-order valence-corrected chi connectivity index (χ4v) is 5.88. The molecule has 4 heterocycles. The summed E-state index contributed by atoms with van der Waals surface area (Å²) in [4.78, 5) is 28.9. The molecule has 2 aliphatic heterocycles. The Labute approximate surface area is 184 Å². The maximum Gasteiger partial charge on any atom is 0.305 e. The first-order valence-electron chi connectivity index (χ1n) is 10.5. The van der Waals surface area contributed by atoms with Gasteiger partial charge in [0.25, 0.3) is 5.56 Å². The van der Waals surface area contributed by atoms with Crippen LogP contribution in [0.1, 0.15) is 73.8 Å². The van der Waals surface area contributed by atoms with Gasteiger partial charge in [-0.3, -0.25) is 24.1 Å². The van der Waals surface area contributed by atoms with E-state index in [-0.39, 0.29) is 28.9 Å². The van der Waals surface area contributed by atoms with Crippen LogP contribution >= 0.6 is 11.8 Å². The molecule has 2 atom stereocenters. The fraction of sp³-hybridized carbons (Fsp3) is 0.619. The Morgan fingerprint density at radius 2 is 2.06 bits per heavy atom. The Morgan fingerprint density at radius 3 is 2.74 bits per heavy atom. The molecular formula is C21H29N5O4S. The Morgan fingerprint density at radius 1 is 1.32 bits per heavy atom. The van der Waals surface area contributed by atoms with E-state index in [1.807, 2.05) is 25.5 Å². The molecule has 1 fully saturated rings. The van der Waals surface area contributed by atoms with Crippen molar-refractivity contribution in [2.45, 2.75) is 77.3 Å². The number of aliphatic imine (C=N–C) groups is 1. The van der Waals surface area contributed by atoms with Crippen LogP contribution in [0, 0.1) is 13.8 Å². The number of carboxylic acid groups (broad SMARTS) is 1. The van der Waals surface area contributed by atoms with E-state index in [9.17, 15) is 9.59 Å². The van der Waals surface area contributed by atoms with Gasteiger partial charge in [0.15, 0.2) is 5.82 Å². The van der Waals surface area contributed by atoms with Crippen LogP contribution in [0.5, 0.6) is 0 Å². The number of carboxylic acids is 1. The van der Waals surface area contributed by atoms with Gasteiger partial charge in [-0.2, -0.15) is 5.10 Å². The number of ether oxygens (including phenoxy) is 1. The van der Waals surface area contributed by atoms with Crippen molar-refractivity contribution in [2.75, 3.05) is 6.61 Å². The second kappa shape index (κ2) is 7.98. The highest BCUT2D eigenvalue weighted by molar-refractivity contribution is 8.14. The molecule has 0 aliphatic carbocycles. The molecule has 10 heteroatoms. The minimum Gasteiger partial charge on any atom is -0.481 e. The van der Waals surface area contributed by atoms with Gasteiger partial charge in [0.05, 0.1) is 46.2 Å². The number of thioether (sulfide) groups is 1. The first kappa shape index (κ1) is 21.9. The third-order valence-electron chi connectivity index (χ3n) is 6.02. The lowest BCUT2D eigenvalue weighted by Gasteiger charge is -2.36. The highest BCUT2D eigenvalue weighted by Crippen LogP contribution is 2.47. The molecule has 0 radical (unpaired) electrons. The van der Waals surface area contributed by atoms with Crippen LogP contribution in [0.2, 0.25) is 0 Å². The molecule has 0 saturated carbocycles. The molecule has 4 rings (SSSR count). The number of aromatic nitrogens is 4. The smallest absolute Gasteiger partial charge is 0.305 e. The Bertz CT molecular complexity index is 1110. The summed E-state index contributed by atoms with van der Waals surface area (Å²) in [5, 5.41) is 17.3. The van der Waals surface area contributed by atoms with E-state index < -0.39 is 5.97 Å². The lowest BCUT2D eigenvalue weighted by Crippen LogP contribution is -2.35. The molecule has 31 heavy (non-hydrogen) atoms. The topological polar surface area (TPSA) is 114 Å². The van der Waals surface area contributed by atoms with Crippen molar-refractivity contribution in [3.05, 3.63) is 32.9 Å². The zero-order chi connectivity index (χ0) is 22.5. The molecule has 2 aromatic heterocycles. The van der Waals surface area contributed by atoms with Gasteiger partial charge in [-0.15, -0.1) is 0 Å². The van der Waals surface area contributed by atoms with Crippen molar-refractivity contribution < 1.29 is 14.6 Å². The molecule has 2 N–H and O–H groups in total. The number of carbonyl (C=O) groups is 1. The number of H-pyrrole nitrogens is 1. The number of hydrogen-bond donors (Lipinski definition) is 2. The van der Waals surface area contributed by atoms with Gasteiger partial charge in [0, 0.05) is 17.9 Å². The van der Waals surface area contributed by atoms with Crippen LogP contribution in [0.3, 0.4) is 0 Å². The third-order valence-corrected chi connectivity index (χ3v) is 7.16. The quantitative estimate of drug-likeness (QED) is 0.725. The van der Waals surface area contributed by atoms with Crippen molar-refractivity contribution in [2.24, 2.45) is 4.99 Å². The van der Waals surface area contributed by atoms with E-state index in [0.29, 0.717) is 24.5 Å². The van der Waals surface area contributed by atoms with Gasteiger partial charge in [-0.1, -0.05) is 11.8 Å². The Hall–Kier alpha value is -2.33. The summed E-state index contributed by atoms with van der Waals surface area (Å²) in [5.41, 5.74) is 2.91. The van der Waals surface area contributed by atoms with E-state index in [2.05, 4.69) is 24.0 Å². The monoisotopic (exact) mass is 447 g/mol. The first-order chi connectivity index (χ1) is 14.6. The predicted octanol–water partition coefficient (Wildman–Crippen LogP) is 3.48. The van der Waals surface area contributed by atoms with Crippen molar-refractivity contribution in [1.82, 2.24) is 19.6 Å². The average Bonchev–Trinajstić information content (AvgIpc) is 3.14. The van der Waals surface area contributed by atoms with Crippen LogP contribution in [-0.4, -0.2) is 47.9 Å². The van der Waals surface area contributed by atoms with Crippen LogP contribution in [-0.2, 0) is 16.1 Å². The van der Waals surface area contributed by atoms with E-state index >= 15 is 0 Å². The number of hydrogen-bond acceptors (Lipinski definition) is 6. The number of rotatable bonds is 5. The average molecular weight is 448 g/mol. The first-order valence-corrected chi connectivity index (χ1v) is 11.4. The summed E-state index contributed by atoms with van der Waals surface area (Å²) >= 11 is 1.54. The van der Waals surface area contributed by atoms with E-state index in [1.54, 1.807) is 16.4 Å². The number of nitrogens with one attached hydrogen (secondary N) is 1. The van der Waals surface area contributed by atoms with E-state index in [1.165, 1.54) is 0 Å². The Kier molecular flexibility index (Phi) is 5.63. The van der Waals surface area contributed by atoms with Crippen molar-refractivity contribution >= 4 is 28.6 Å². The zero-order valence-electron chi connectivity index (χ0n) is 18.6. The van der Waals surface area contributed by atoms with Gasteiger partial charge in [-0.05, 0) is 47.5 Å². The summed E-state index contributed by atoms with van der Waals surface area (Å²) in [7, 11) is 0. The van der Waals surface area contributed by atoms with Gasteiger partial charge in [0.1, 0.15) is 0 Å². The molecule has 9 nitrogen and oxygen atoms in total. The van der Waals surface area contributed by atoms with Crippen molar-refractivity contribution in [1.29, 1.82) is 0 Å². The SMILES string of the molecule is CC1=Nc2c(c(=O)[nH]n2C2CCOC(C)(C)C2)C(c2c(C)nn(CCC(=O)O)c2C)S1. The third kappa shape index (κ3) is 4.10. The molecule has 2 aromatic rings. The summed E-state index contributed by atoms with van der Waals surface area (Å²) in [6.45, 7) is 10.9. The fourth-order valence-electron chi connectivity index (χ4n) is 4.61. The molecule has 2 unspecified atom stereocenters. The minimum absolute atomic E-state index is 0.00143. The molecule has 2 aliphatic rings. The van der Waals surface area contributed by atoms with E-state index in [4.69, 9.17) is 14.8 Å². The summed E-state index contributed by atoms with van der Waals surface area (Å²) in [6, 6.07) is 0.112. The van der Waals surface area contributed by atoms with Crippen molar-refractivity contribution in [3.8, 4) is 0 Å². The number of aryl methyl sites for hydroxylation is 2. The molecule has 0 aromatic carbocycles. The number of aromatic amines is 1. The highest BCUT2D eigenvalue weighted by atomic mass is 32.2. The van der Waals surface area contributed by atoms with Crippen LogP contribution in [0.4, 0.5) is 5.82 Å².